The molecule has 0 aliphatic rings. The molecule has 0 heterocycles. The van der Waals surface area contributed by atoms with Crippen LogP contribution in [0.4, 0.5) is 0 Å². The number of nitrogens with one attached hydrogen (secondary N) is 1. The molecular formula is C20H33NO4. The van der Waals surface area contributed by atoms with E-state index < -0.39 is 6.29 Å². The molecule has 1 aromatic carbocycles. The highest BCUT2D eigenvalue weighted by molar-refractivity contribution is 5.94. The second-order valence-corrected chi connectivity index (χ2v) is 6.61. The number of carbonyl (C=O) groups excluding carboxylic acids is 1. The van der Waals surface area contributed by atoms with Gasteiger partial charge in [0, 0.05) is 36.7 Å². The highest BCUT2D eigenvalue weighted by Gasteiger charge is 2.12. The van der Waals surface area contributed by atoms with Crippen LogP contribution in [0.1, 0.15) is 69.3 Å². The van der Waals surface area contributed by atoms with Crippen molar-refractivity contribution < 1.29 is 19.4 Å². The minimum atomic E-state index is -0.895. The molecule has 1 aromatic rings. The Bertz CT molecular complexity index is 516. The number of Topliss-reactive ketones (excluding diaryl/α,β-unsaturated/α-hetero) is 1. The first-order chi connectivity index (χ1) is 11.9. The minimum absolute atomic E-state index is 0.000430. The first kappa shape index (κ1) is 21.6. The van der Waals surface area contributed by atoms with Crippen molar-refractivity contribution in [3.8, 4) is 5.75 Å². The Hall–Kier alpha value is -1.43. The predicted octanol–water partition coefficient (Wildman–Crippen LogP) is 3.68. The highest BCUT2D eigenvalue weighted by Crippen LogP contribution is 2.23. The van der Waals surface area contributed by atoms with Gasteiger partial charge in [-0.2, -0.15) is 0 Å². The monoisotopic (exact) mass is 351 g/mol. The quantitative estimate of drug-likeness (QED) is 0.322. The van der Waals surface area contributed by atoms with Crippen LogP contribution in [0.25, 0.3) is 0 Å². The summed E-state index contributed by atoms with van der Waals surface area (Å²) < 4.78 is 11.4. The van der Waals surface area contributed by atoms with Crippen LogP contribution in [0, 0.1) is 0 Å². The summed E-state index contributed by atoms with van der Waals surface area (Å²) in [6.07, 6.45) is 2.90. The molecule has 25 heavy (non-hydrogen) atoms. The molecule has 0 aliphatic carbocycles. The van der Waals surface area contributed by atoms with Crippen molar-refractivity contribution >= 4 is 5.78 Å². The molecule has 142 valence electrons. The van der Waals surface area contributed by atoms with Crippen LogP contribution in [0.5, 0.6) is 5.75 Å². The molecule has 0 bridgehead atoms. The van der Waals surface area contributed by atoms with Gasteiger partial charge in [-0.25, -0.2) is 0 Å². The predicted molar refractivity (Wildman–Crippen MR) is 100 cm³/mol. The number of aliphatic hydroxyl groups is 1. The number of hydrogen-bond donors (Lipinski definition) is 2. The summed E-state index contributed by atoms with van der Waals surface area (Å²) in [5, 5.41) is 13.3. The number of ketones is 1. The molecule has 2 N–H and O–H groups in total. The van der Waals surface area contributed by atoms with Gasteiger partial charge in [0.15, 0.2) is 12.1 Å². The molecule has 0 saturated carbocycles. The van der Waals surface area contributed by atoms with Gasteiger partial charge in [-0.05, 0) is 31.5 Å². The number of carbonyl (C=O) groups is 1. The molecule has 0 amide bonds. The van der Waals surface area contributed by atoms with Crippen LogP contribution in [0.15, 0.2) is 18.2 Å². The van der Waals surface area contributed by atoms with E-state index in [1.54, 1.807) is 18.2 Å². The molecule has 0 radical (unpaired) electrons. The van der Waals surface area contributed by atoms with Gasteiger partial charge < -0.3 is 19.9 Å². The van der Waals surface area contributed by atoms with Crippen molar-refractivity contribution in [2.45, 2.75) is 72.3 Å². The molecule has 5 nitrogen and oxygen atoms in total. The Morgan fingerprint density at radius 3 is 2.68 bits per heavy atom. The number of benzene rings is 1. The Morgan fingerprint density at radius 2 is 2.04 bits per heavy atom. The number of unbranched alkanes of at least 4 members (excludes halogenated alkanes) is 2. The Labute approximate surface area is 151 Å². The van der Waals surface area contributed by atoms with Gasteiger partial charge in [-0.15, -0.1) is 0 Å². The first-order valence-electron chi connectivity index (χ1n) is 9.23. The van der Waals surface area contributed by atoms with Crippen molar-refractivity contribution in [2.24, 2.45) is 0 Å². The van der Waals surface area contributed by atoms with Gasteiger partial charge in [0.05, 0.1) is 6.61 Å². The maximum absolute atomic E-state index is 11.6. The fourth-order valence-corrected chi connectivity index (χ4v) is 2.36. The van der Waals surface area contributed by atoms with Crippen LogP contribution in [-0.4, -0.2) is 36.4 Å². The molecule has 0 aromatic heterocycles. The molecule has 1 rings (SSSR count). The summed E-state index contributed by atoms with van der Waals surface area (Å²) in [4.78, 5) is 11.6. The first-order valence-corrected chi connectivity index (χ1v) is 9.23. The van der Waals surface area contributed by atoms with Gasteiger partial charge in [-0.3, -0.25) is 4.79 Å². The van der Waals surface area contributed by atoms with E-state index in [4.69, 9.17) is 9.47 Å². The lowest BCUT2D eigenvalue weighted by Gasteiger charge is -2.18. The van der Waals surface area contributed by atoms with Crippen LogP contribution >= 0.6 is 0 Å². The maximum Gasteiger partial charge on any atom is 0.198 e. The maximum atomic E-state index is 11.6. The molecule has 0 aliphatic heterocycles. The van der Waals surface area contributed by atoms with E-state index >= 15 is 0 Å². The third-order valence-corrected chi connectivity index (χ3v) is 3.82. The van der Waals surface area contributed by atoms with Crippen LogP contribution in [0.3, 0.4) is 0 Å². The number of ether oxygens (including phenoxy) is 2. The fraction of sp³-hybridized carbons (Fsp3) is 0.650. The van der Waals surface area contributed by atoms with Gasteiger partial charge in [0.25, 0.3) is 0 Å². The Balaban J connectivity index is 2.67. The lowest BCUT2D eigenvalue weighted by molar-refractivity contribution is -0.0244. The van der Waals surface area contributed by atoms with E-state index in [0.717, 1.165) is 24.8 Å². The lowest BCUT2D eigenvalue weighted by atomic mass is 10.1. The zero-order valence-electron chi connectivity index (χ0n) is 16.0. The standard InChI is InChI=1S/C20H33NO4/c1-5-6-7-12-24-14-18-13-17(16(4)22)8-9-19(18)25-20(23)10-11-21-15(2)3/h8-9,13,15,20-21,23H,5-7,10-12,14H2,1-4H3. The smallest absolute Gasteiger partial charge is 0.198 e. The third kappa shape index (κ3) is 9.00. The van der Waals surface area contributed by atoms with E-state index in [-0.39, 0.29) is 5.78 Å². The van der Waals surface area contributed by atoms with E-state index in [0.29, 0.717) is 43.5 Å². The highest BCUT2D eigenvalue weighted by atomic mass is 16.6. The summed E-state index contributed by atoms with van der Waals surface area (Å²) in [6, 6.07) is 5.61. The van der Waals surface area contributed by atoms with Crippen molar-refractivity contribution in [3.63, 3.8) is 0 Å². The van der Waals surface area contributed by atoms with E-state index in [1.165, 1.54) is 6.92 Å². The molecule has 0 saturated heterocycles. The second kappa shape index (κ2) is 12.0. The van der Waals surface area contributed by atoms with Gasteiger partial charge in [-0.1, -0.05) is 33.6 Å². The van der Waals surface area contributed by atoms with Crippen molar-refractivity contribution in [3.05, 3.63) is 29.3 Å². The van der Waals surface area contributed by atoms with E-state index in [9.17, 15) is 9.90 Å². The molecule has 0 spiro atoms. The normalized spacial score (nSPS) is 12.4. The second-order valence-electron chi connectivity index (χ2n) is 6.61. The summed E-state index contributed by atoms with van der Waals surface area (Å²) in [6.45, 7) is 9.53. The summed E-state index contributed by atoms with van der Waals surface area (Å²) >= 11 is 0. The van der Waals surface area contributed by atoms with E-state index in [1.807, 2.05) is 0 Å². The third-order valence-electron chi connectivity index (χ3n) is 3.82. The summed E-state index contributed by atoms with van der Waals surface area (Å²) in [7, 11) is 0. The number of aliphatic hydroxyl groups excluding tert-OH is 1. The zero-order valence-corrected chi connectivity index (χ0v) is 16.0. The van der Waals surface area contributed by atoms with Gasteiger partial charge >= 0.3 is 0 Å². The van der Waals surface area contributed by atoms with Crippen molar-refractivity contribution in [2.75, 3.05) is 13.2 Å². The molecule has 1 unspecified atom stereocenters. The zero-order chi connectivity index (χ0) is 18.7. The Kier molecular flexibility index (Phi) is 10.4. The fourth-order valence-electron chi connectivity index (χ4n) is 2.36. The van der Waals surface area contributed by atoms with Crippen molar-refractivity contribution in [1.82, 2.24) is 5.32 Å². The van der Waals surface area contributed by atoms with Crippen LogP contribution in [0.2, 0.25) is 0 Å². The van der Waals surface area contributed by atoms with Crippen LogP contribution < -0.4 is 10.1 Å². The molecule has 5 heteroatoms. The minimum Gasteiger partial charge on any atom is -0.465 e. The molecular weight excluding hydrogens is 318 g/mol. The average Bonchev–Trinajstić information content (AvgIpc) is 2.55. The number of rotatable bonds is 13. The molecule has 1 atom stereocenters. The van der Waals surface area contributed by atoms with Gasteiger partial charge in [0.2, 0.25) is 0 Å². The SMILES string of the molecule is CCCCCOCc1cc(C(C)=O)ccc1OC(O)CCNC(C)C. The largest absolute Gasteiger partial charge is 0.465 e. The summed E-state index contributed by atoms with van der Waals surface area (Å²) in [5.41, 5.74) is 1.41. The Morgan fingerprint density at radius 1 is 1.28 bits per heavy atom. The van der Waals surface area contributed by atoms with E-state index in [2.05, 4.69) is 26.1 Å². The summed E-state index contributed by atoms with van der Waals surface area (Å²) in [5.74, 6) is 0.568. The topological polar surface area (TPSA) is 67.8 Å². The van der Waals surface area contributed by atoms with Crippen LogP contribution in [-0.2, 0) is 11.3 Å². The number of hydrogen-bond acceptors (Lipinski definition) is 5. The van der Waals surface area contributed by atoms with Crippen molar-refractivity contribution in [1.29, 1.82) is 0 Å². The van der Waals surface area contributed by atoms with Gasteiger partial charge in [0.1, 0.15) is 5.75 Å². The average molecular weight is 351 g/mol. The lowest BCUT2D eigenvalue weighted by Crippen LogP contribution is -2.28. The molecule has 0 fully saturated rings.